The molecule has 0 saturated carbocycles. The fourth-order valence-electron chi connectivity index (χ4n) is 1.54. The predicted octanol–water partition coefficient (Wildman–Crippen LogP) is -0.354. The Labute approximate surface area is 91.7 Å². The standard InChI is InChI=1S/C9H20N2O3S/c1-3-15(12,13)8-9(2)10-11-4-6-14-7-5-11/h9-10H,3-8H2,1-2H3. The quantitative estimate of drug-likeness (QED) is 0.707. The predicted molar refractivity (Wildman–Crippen MR) is 59.3 cm³/mol. The molecule has 1 saturated heterocycles. The van der Waals surface area contributed by atoms with Crippen molar-refractivity contribution in [2.75, 3.05) is 37.8 Å². The molecule has 1 aliphatic heterocycles. The molecule has 90 valence electrons. The summed E-state index contributed by atoms with van der Waals surface area (Å²) in [5.74, 6) is 0.406. The smallest absolute Gasteiger partial charge is 0.151 e. The molecule has 1 fully saturated rings. The van der Waals surface area contributed by atoms with Crippen LogP contribution in [0.3, 0.4) is 0 Å². The minimum absolute atomic E-state index is 0.0342. The van der Waals surface area contributed by atoms with Gasteiger partial charge in [0, 0.05) is 24.9 Å². The lowest BCUT2D eigenvalue weighted by Crippen LogP contribution is -2.51. The van der Waals surface area contributed by atoms with Crippen LogP contribution >= 0.6 is 0 Å². The van der Waals surface area contributed by atoms with Gasteiger partial charge in [-0.05, 0) is 6.92 Å². The van der Waals surface area contributed by atoms with Crippen LogP contribution in [0.4, 0.5) is 0 Å². The van der Waals surface area contributed by atoms with E-state index in [4.69, 9.17) is 4.74 Å². The van der Waals surface area contributed by atoms with Crippen molar-refractivity contribution in [2.45, 2.75) is 19.9 Å². The highest BCUT2D eigenvalue weighted by Crippen LogP contribution is 1.98. The molecule has 1 heterocycles. The molecule has 0 radical (unpaired) electrons. The monoisotopic (exact) mass is 236 g/mol. The number of sulfone groups is 1. The number of nitrogens with one attached hydrogen (secondary N) is 1. The zero-order valence-electron chi connectivity index (χ0n) is 9.40. The molecule has 1 rings (SSSR count). The van der Waals surface area contributed by atoms with Crippen LogP contribution in [0.5, 0.6) is 0 Å². The van der Waals surface area contributed by atoms with Crippen molar-refractivity contribution in [3.05, 3.63) is 0 Å². The van der Waals surface area contributed by atoms with Gasteiger partial charge in [-0.25, -0.2) is 13.4 Å². The first-order valence-corrected chi connectivity index (χ1v) is 7.15. The summed E-state index contributed by atoms with van der Waals surface area (Å²) in [6.45, 7) is 6.62. The zero-order valence-corrected chi connectivity index (χ0v) is 10.2. The number of hydrogen-bond donors (Lipinski definition) is 1. The maximum atomic E-state index is 11.4. The summed E-state index contributed by atoms with van der Waals surface area (Å²) in [6.07, 6.45) is 0. The number of hydrogen-bond acceptors (Lipinski definition) is 5. The maximum absolute atomic E-state index is 11.4. The van der Waals surface area contributed by atoms with Gasteiger partial charge in [0.05, 0.1) is 19.0 Å². The van der Waals surface area contributed by atoms with Crippen LogP contribution < -0.4 is 5.43 Å². The molecule has 0 aromatic carbocycles. The number of rotatable bonds is 5. The lowest BCUT2D eigenvalue weighted by Gasteiger charge is -2.30. The fourth-order valence-corrected chi connectivity index (χ4v) is 2.61. The van der Waals surface area contributed by atoms with Gasteiger partial charge in [0.2, 0.25) is 0 Å². The first-order chi connectivity index (χ1) is 7.03. The summed E-state index contributed by atoms with van der Waals surface area (Å²) in [4.78, 5) is 0. The maximum Gasteiger partial charge on any atom is 0.151 e. The van der Waals surface area contributed by atoms with Crippen molar-refractivity contribution in [1.82, 2.24) is 10.4 Å². The molecule has 0 amide bonds. The van der Waals surface area contributed by atoms with E-state index in [9.17, 15) is 8.42 Å². The molecular weight excluding hydrogens is 216 g/mol. The van der Waals surface area contributed by atoms with Gasteiger partial charge in [0.15, 0.2) is 9.84 Å². The van der Waals surface area contributed by atoms with E-state index in [1.807, 2.05) is 11.9 Å². The Morgan fingerprint density at radius 1 is 1.40 bits per heavy atom. The summed E-state index contributed by atoms with van der Waals surface area (Å²) in [7, 11) is -2.89. The average Bonchev–Trinajstić information content (AvgIpc) is 2.18. The van der Waals surface area contributed by atoms with Gasteiger partial charge in [0.25, 0.3) is 0 Å². The van der Waals surface area contributed by atoms with Crippen LogP contribution in [0, 0.1) is 0 Å². The molecule has 0 aliphatic carbocycles. The van der Waals surface area contributed by atoms with Gasteiger partial charge in [0.1, 0.15) is 0 Å². The Morgan fingerprint density at radius 3 is 2.53 bits per heavy atom. The molecule has 1 atom stereocenters. The number of ether oxygens (including phenoxy) is 1. The normalized spacial score (nSPS) is 21.5. The minimum Gasteiger partial charge on any atom is -0.379 e. The largest absolute Gasteiger partial charge is 0.379 e. The third-order valence-electron chi connectivity index (χ3n) is 2.36. The van der Waals surface area contributed by atoms with Crippen LogP contribution in [-0.4, -0.2) is 57.3 Å². The molecule has 0 aromatic rings. The highest BCUT2D eigenvalue weighted by molar-refractivity contribution is 7.91. The van der Waals surface area contributed by atoms with Crippen LogP contribution in [0.1, 0.15) is 13.8 Å². The molecule has 1 unspecified atom stereocenters. The van der Waals surface area contributed by atoms with Gasteiger partial charge in [-0.1, -0.05) is 6.92 Å². The lowest BCUT2D eigenvalue weighted by atomic mass is 10.4. The number of nitrogens with zero attached hydrogens (tertiary/aromatic N) is 1. The van der Waals surface area contributed by atoms with E-state index in [1.165, 1.54) is 0 Å². The van der Waals surface area contributed by atoms with Crippen molar-refractivity contribution in [3.63, 3.8) is 0 Å². The minimum atomic E-state index is -2.89. The third-order valence-corrected chi connectivity index (χ3v) is 4.25. The van der Waals surface area contributed by atoms with Crippen molar-refractivity contribution in [2.24, 2.45) is 0 Å². The molecular formula is C9H20N2O3S. The molecule has 15 heavy (non-hydrogen) atoms. The zero-order chi connectivity index (χ0) is 11.3. The highest BCUT2D eigenvalue weighted by Gasteiger charge is 2.17. The van der Waals surface area contributed by atoms with Gasteiger partial charge in [-0.3, -0.25) is 5.43 Å². The molecule has 1 N–H and O–H groups in total. The summed E-state index contributed by atoms with van der Waals surface area (Å²) < 4.78 is 27.9. The number of hydrazine groups is 1. The molecule has 5 nitrogen and oxygen atoms in total. The summed E-state index contributed by atoms with van der Waals surface area (Å²) >= 11 is 0. The van der Waals surface area contributed by atoms with Crippen molar-refractivity contribution >= 4 is 9.84 Å². The van der Waals surface area contributed by atoms with E-state index in [2.05, 4.69) is 5.43 Å². The Morgan fingerprint density at radius 2 is 2.00 bits per heavy atom. The van der Waals surface area contributed by atoms with Gasteiger partial charge < -0.3 is 4.74 Å². The van der Waals surface area contributed by atoms with E-state index in [0.29, 0.717) is 13.2 Å². The van der Waals surface area contributed by atoms with Crippen molar-refractivity contribution in [1.29, 1.82) is 0 Å². The lowest BCUT2D eigenvalue weighted by molar-refractivity contribution is 0.00670. The van der Waals surface area contributed by atoms with E-state index >= 15 is 0 Å². The SMILES string of the molecule is CCS(=O)(=O)CC(C)NN1CCOCC1. The van der Waals surface area contributed by atoms with Crippen LogP contribution in [0.25, 0.3) is 0 Å². The molecule has 0 bridgehead atoms. The second-order valence-corrected chi connectivity index (χ2v) is 6.23. The summed E-state index contributed by atoms with van der Waals surface area (Å²) in [5, 5.41) is 2.03. The van der Waals surface area contributed by atoms with Gasteiger partial charge in [-0.2, -0.15) is 0 Å². The average molecular weight is 236 g/mol. The van der Waals surface area contributed by atoms with Crippen molar-refractivity contribution < 1.29 is 13.2 Å². The number of morpholine rings is 1. The van der Waals surface area contributed by atoms with Crippen LogP contribution in [-0.2, 0) is 14.6 Å². The molecule has 6 heteroatoms. The first-order valence-electron chi connectivity index (χ1n) is 5.33. The Balaban J connectivity index is 2.31. The highest BCUT2D eigenvalue weighted by atomic mass is 32.2. The Bertz CT molecular complexity index is 273. The van der Waals surface area contributed by atoms with Crippen LogP contribution in [0.15, 0.2) is 0 Å². The second kappa shape index (κ2) is 5.79. The van der Waals surface area contributed by atoms with Crippen LogP contribution in [0.2, 0.25) is 0 Å². The first kappa shape index (κ1) is 12.9. The van der Waals surface area contributed by atoms with E-state index in [0.717, 1.165) is 13.1 Å². The summed E-state index contributed by atoms with van der Waals surface area (Å²) in [6, 6.07) is -0.0342. The van der Waals surface area contributed by atoms with Gasteiger partial charge in [-0.15, -0.1) is 0 Å². The molecule has 0 aromatic heterocycles. The summed E-state index contributed by atoms with van der Waals surface area (Å²) in [5.41, 5.74) is 3.18. The van der Waals surface area contributed by atoms with E-state index < -0.39 is 9.84 Å². The van der Waals surface area contributed by atoms with Gasteiger partial charge >= 0.3 is 0 Å². The fraction of sp³-hybridized carbons (Fsp3) is 1.00. The van der Waals surface area contributed by atoms with E-state index in [1.54, 1.807) is 6.92 Å². The second-order valence-electron chi connectivity index (χ2n) is 3.83. The van der Waals surface area contributed by atoms with E-state index in [-0.39, 0.29) is 17.5 Å². The van der Waals surface area contributed by atoms with Crippen molar-refractivity contribution in [3.8, 4) is 0 Å². The molecule has 0 spiro atoms. The Kier molecular flexibility index (Phi) is 4.98. The Hall–Kier alpha value is -0.170. The topological polar surface area (TPSA) is 58.6 Å². The third kappa shape index (κ3) is 4.92. The molecule has 1 aliphatic rings.